The molecular formula is C32H37N5O5. The Hall–Kier alpha value is -4.60. The van der Waals surface area contributed by atoms with Crippen LogP contribution < -0.4 is 21.3 Å². The fourth-order valence-corrected chi connectivity index (χ4v) is 4.48. The molecule has 0 bridgehead atoms. The number of carbonyl (C=O) groups is 4. The fourth-order valence-electron chi connectivity index (χ4n) is 4.48. The lowest BCUT2D eigenvalue weighted by Crippen LogP contribution is -2.47. The van der Waals surface area contributed by atoms with Crippen LogP contribution in [0.15, 0.2) is 66.5 Å². The second-order valence-electron chi connectivity index (χ2n) is 11.9. The fraction of sp³-hybridized carbons (Fsp3) is 0.375. The molecule has 2 aliphatic carbocycles. The lowest BCUT2D eigenvalue weighted by Gasteiger charge is -2.23. The van der Waals surface area contributed by atoms with Gasteiger partial charge in [0.2, 0.25) is 5.91 Å². The normalized spacial score (nSPS) is 15.9. The van der Waals surface area contributed by atoms with E-state index in [1.54, 1.807) is 45.0 Å². The lowest BCUT2D eigenvalue weighted by molar-refractivity contribution is -0.118. The number of ether oxygens (including phenoxy) is 1. The minimum absolute atomic E-state index is 0.169. The van der Waals surface area contributed by atoms with Gasteiger partial charge in [-0.25, -0.2) is 4.79 Å². The first-order valence-corrected chi connectivity index (χ1v) is 14.3. The second-order valence-corrected chi connectivity index (χ2v) is 11.9. The Morgan fingerprint density at radius 3 is 2.40 bits per heavy atom. The van der Waals surface area contributed by atoms with Gasteiger partial charge in [-0.15, -0.1) is 0 Å². The van der Waals surface area contributed by atoms with Crippen LogP contribution >= 0.6 is 0 Å². The Labute approximate surface area is 244 Å². The number of ketones is 1. The molecule has 5 rings (SSSR count). The molecule has 2 aliphatic rings. The summed E-state index contributed by atoms with van der Waals surface area (Å²) in [6.07, 6.45) is 6.45. The molecule has 0 radical (unpaired) electrons. The molecule has 5 N–H and O–H groups in total. The number of anilines is 1. The van der Waals surface area contributed by atoms with Gasteiger partial charge in [0.05, 0.1) is 0 Å². The molecular weight excluding hydrogens is 534 g/mol. The van der Waals surface area contributed by atoms with E-state index in [0.717, 1.165) is 42.1 Å². The topological polar surface area (TPSA) is 141 Å². The van der Waals surface area contributed by atoms with Crippen molar-refractivity contribution in [2.45, 2.75) is 76.6 Å². The van der Waals surface area contributed by atoms with Crippen molar-refractivity contribution in [3.63, 3.8) is 0 Å². The van der Waals surface area contributed by atoms with Gasteiger partial charge in [0.15, 0.2) is 5.78 Å². The van der Waals surface area contributed by atoms with E-state index in [1.807, 2.05) is 30.5 Å². The highest BCUT2D eigenvalue weighted by Gasteiger charge is 2.29. The minimum atomic E-state index is -0.959. The number of H-pyrrole nitrogens is 1. The van der Waals surface area contributed by atoms with Crippen molar-refractivity contribution in [3.8, 4) is 0 Å². The number of alkyl carbamates (subject to hydrolysis) is 1. The third-order valence-electron chi connectivity index (χ3n) is 6.89. The first kappa shape index (κ1) is 28.9. The zero-order chi connectivity index (χ0) is 29.9. The first-order chi connectivity index (χ1) is 20.0. The Bertz CT molecular complexity index is 1530. The number of hydrogen-bond donors (Lipinski definition) is 5. The largest absolute Gasteiger partial charge is 0.444 e. The molecule has 10 heteroatoms. The standard InChI is InChI=1S/C32H37N5O5/c1-32(2,3)42-31(41)37-26(16-20-18-33-25-10-5-4-9-24(20)25)29(39)36-23-8-6-7-19(15-23)28(38)17-27(34-21-11-12-21)30(40)35-22-13-14-22/h4-10,15,17-18,21-22,26,33-34H,11-14,16H2,1-3H3,(H,35,40)(H,36,39)(H,37,41)/b27-17+/t26-/m0/s1. The Morgan fingerprint density at radius 2 is 1.69 bits per heavy atom. The van der Waals surface area contributed by atoms with Gasteiger partial charge in [0.1, 0.15) is 17.3 Å². The molecule has 2 saturated carbocycles. The summed E-state index contributed by atoms with van der Waals surface area (Å²) in [5.41, 5.74) is 1.99. The van der Waals surface area contributed by atoms with E-state index < -0.39 is 23.6 Å². The second kappa shape index (κ2) is 12.1. The molecule has 3 aromatic rings. The number of hydrogen-bond acceptors (Lipinski definition) is 6. The van der Waals surface area contributed by atoms with Crippen LogP contribution in [0.2, 0.25) is 0 Å². The Kier molecular flexibility index (Phi) is 8.33. The number of amides is 3. The van der Waals surface area contributed by atoms with Crippen LogP contribution in [-0.4, -0.2) is 52.4 Å². The summed E-state index contributed by atoms with van der Waals surface area (Å²) in [5.74, 6) is -1.11. The van der Waals surface area contributed by atoms with Gasteiger partial charge >= 0.3 is 6.09 Å². The van der Waals surface area contributed by atoms with Gasteiger partial charge in [0.25, 0.3) is 5.91 Å². The summed E-state index contributed by atoms with van der Waals surface area (Å²) < 4.78 is 5.41. The Balaban J connectivity index is 1.32. The van der Waals surface area contributed by atoms with Crippen molar-refractivity contribution in [2.75, 3.05) is 5.32 Å². The van der Waals surface area contributed by atoms with Gasteiger partial charge in [-0.2, -0.15) is 0 Å². The van der Waals surface area contributed by atoms with Crippen molar-refractivity contribution >= 4 is 40.3 Å². The molecule has 1 heterocycles. The van der Waals surface area contributed by atoms with E-state index in [0.29, 0.717) is 11.3 Å². The van der Waals surface area contributed by atoms with Crippen LogP contribution in [0.3, 0.4) is 0 Å². The van der Waals surface area contributed by atoms with Gasteiger partial charge in [-0.3, -0.25) is 14.4 Å². The third kappa shape index (κ3) is 7.99. The monoisotopic (exact) mass is 571 g/mol. The lowest BCUT2D eigenvalue weighted by atomic mass is 10.0. The van der Waals surface area contributed by atoms with Crippen molar-refractivity contribution in [3.05, 3.63) is 77.6 Å². The average Bonchev–Trinajstić information content (AvgIpc) is 3.87. The highest BCUT2D eigenvalue weighted by atomic mass is 16.6. The van der Waals surface area contributed by atoms with Gasteiger partial charge in [-0.05, 0) is 70.2 Å². The molecule has 2 aromatic carbocycles. The van der Waals surface area contributed by atoms with E-state index >= 15 is 0 Å². The summed E-state index contributed by atoms with van der Waals surface area (Å²) in [6, 6.07) is 13.6. The Morgan fingerprint density at radius 1 is 0.976 bits per heavy atom. The maximum atomic E-state index is 13.5. The molecule has 0 spiro atoms. The van der Waals surface area contributed by atoms with Crippen LogP contribution in [0, 0.1) is 0 Å². The minimum Gasteiger partial charge on any atom is -0.444 e. The summed E-state index contributed by atoms with van der Waals surface area (Å²) in [4.78, 5) is 55.2. The quantitative estimate of drug-likeness (QED) is 0.171. The number of benzene rings is 2. The van der Waals surface area contributed by atoms with Crippen molar-refractivity contribution in [2.24, 2.45) is 0 Å². The smallest absolute Gasteiger partial charge is 0.408 e. The van der Waals surface area contributed by atoms with E-state index in [1.165, 1.54) is 6.08 Å². The molecule has 0 saturated heterocycles. The average molecular weight is 572 g/mol. The summed E-state index contributed by atoms with van der Waals surface area (Å²) in [7, 11) is 0. The number of allylic oxidation sites excluding steroid dienone is 1. The van der Waals surface area contributed by atoms with Gasteiger partial charge < -0.3 is 31.0 Å². The molecule has 3 amide bonds. The summed E-state index contributed by atoms with van der Waals surface area (Å²) in [6.45, 7) is 5.25. The summed E-state index contributed by atoms with van der Waals surface area (Å²) >= 11 is 0. The molecule has 42 heavy (non-hydrogen) atoms. The molecule has 0 aliphatic heterocycles. The van der Waals surface area contributed by atoms with E-state index in [4.69, 9.17) is 4.74 Å². The number of para-hydroxylation sites is 1. The molecule has 0 unspecified atom stereocenters. The van der Waals surface area contributed by atoms with Gasteiger partial charge in [-0.1, -0.05) is 30.3 Å². The maximum Gasteiger partial charge on any atom is 0.408 e. The van der Waals surface area contributed by atoms with Crippen molar-refractivity contribution in [1.82, 2.24) is 20.9 Å². The van der Waals surface area contributed by atoms with Crippen molar-refractivity contribution < 1.29 is 23.9 Å². The van der Waals surface area contributed by atoms with Crippen LogP contribution in [-0.2, 0) is 20.7 Å². The number of aromatic nitrogens is 1. The van der Waals surface area contributed by atoms with Crippen molar-refractivity contribution in [1.29, 1.82) is 0 Å². The third-order valence-corrected chi connectivity index (χ3v) is 6.89. The van der Waals surface area contributed by atoms with E-state index in [2.05, 4.69) is 26.3 Å². The van der Waals surface area contributed by atoms with Crippen LogP contribution in [0.25, 0.3) is 10.9 Å². The SMILES string of the molecule is CC(C)(C)OC(=O)N[C@@H](Cc1c[nH]c2ccccc12)C(=O)Nc1cccc(C(=O)/C=C(/NC2CC2)C(=O)NC2CC2)c1. The molecule has 1 atom stereocenters. The van der Waals surface area contributed by atoms with Gasteiger partial charge in [0, 0.05) is 52.9 Å². The first-order valence-electron chi connectivity index (χ1n) is 14.3. The highest BCUT2D eigenvalue weighted by Crippen LogP contribution is 2.23. The van der Waals surface area contributed by atoms with E-state index in [9.17, 15) is 19.2 Å². The zero-order valence-electron chi connectivity index (χ0n) is 24.1. The number of aromatic amines is 1. The van der Waals surface area contributed by atoms with E-state index in [-0.39, 0.29) is 35.9 Å². The molecule has 10 nitrogen and oxygen atoms in total. The number of rotatable bonds is 11. The zero-order valence-corrected chi connectivity index (χ0v) is 24.1. The predicted octanol–water partition coefficient (Wildman–Crippen LogP) is 4.34. The number of carbonyl (C=O) groups excluding carboxylic acids is 4. The van der Waals surface area contributed by atoms with Crippen LogP contribution in [0.1, 0.15) is 62.4 Å². The summed E-state index contributed by atoms with van der Waals surface area (Å²) in [5, 5.41) is 12.6. The highest BCUT2D eigenvalue weighted by molar-refractivity contribution is 6.10. The number of nitrogens with one attached hydrogen (secondary N) is 5. The van der Waals surface area contributed by atoms with Crippen LogP contribution in [0.5, 0.6) is 0 Å². The molecule has 1 aromatic heterocycles. The molecule has 220 valence electrons. The number of fused-ring (bicyclic) bond motifs is 1. The molecule has 2 fully saturated rings. The van der Waals surface area contributed by atoms with Crippen LogP contribution in [0.4, 0.5) is 10.5 Å². The maximum absolute atomic E-state index is 13.5. The predicted molar refractivity (Wildman–Crippen MR) is 160 cm³/mol.